The Morgan fingerprint density at radius 2 is 1.89 bits per heavy atom. The van der Waals surface area contributed by atoms with Crippen molar-refractivity contribution < 1.29 is 4.48 Å². The molecule has 0 radical (unpaired) electrons. The van der Waals surface area contributed by atoms with Gasteiger partial charge < -0.3 is 0 Å². The van der Waals surface area contributed by atoms with Crippen LogP contribution in [-0.2, 0) is 0 Å². The van der Waals surface area contributed by atoms with Gasteiger partial charge in [-0.3, -0.25) is 4.48 Å². The highest BCUT2D eigenvalue weighted by Crippen LogP contribution is 2.17. The largest absolute Gasteiger partial charge is 0.254 e. The molecule has 9 heavy (non-hydrogen) atoms. The van der Waals surface area contributed by atoms with Crippen LogP contribution in [0.1, 0.15) is 13.8 Å². The average molecular weight is 125 g/mol. The van der Waals surface area contributed by atoms with Gasteiger partial charge in [0.15, 0.2) is 0 Å². The van der Waals surface area contributed by atoms with E-state index in [1.54, 1.807) is 0 Å². The van der Waals surface area contributed by atoms with E-state index in [9.17, 15) is 0 Å². The van der Waals surface area contributed by atoms with E-state index in [0.29, 0.717) is 0 Å². The second-order valence-electron chi connectivity index (χ2n) is 2.90. The molecule has 0 aromatic heterocycles. The second kappa shape index (κ2) is 1.67. The topological polar surface area (TPSA) is 12.4 Å². The van der Waals surface area contributed by atoms with E-state index < -0.39 is 0 Å². The van der Waals surface area contributed by atoms with E-state index in [0.717, 1.165) is 10.3 Å². The van der Waals surface area contributed by atoms with Gasteiger partial charge in [-0.25, -0.2) is 4.99 Å². The number of hydrogen-bond acceptors (Lipinski definition) is 1. The van der Waals surface area contributed by atoms with Gasteiger partial charge in [0.1, 0.15) is 5.70 Å². The summed E-state index contributed by atoms with van der Waals surface area (Å²) in [5.41, 5.74) is 1.30. The van der Waals surface area contributed by atoms with Crippen molar-refractivity contribution in [1.82, 2.24) is 0 Å². The van der Waals surface area contributed by atoms with Gasteiger partial charge in [0.05, 0.1) is 20.3 Å². The first kappa shape index (κ1) is 6.49. The lowest BCUT2D eigenvalue weighted by molar-refractivity contribution is -0.755. The Morgan fingerprint density at radius 3 is 2.00 bits per heavy atom. The van der Waals surface area contributed by atoms with Crippen LogP contribution in [0.5, 0.6) is 0 Å². The summed E-state index contributed by atoms with van der Waals surface area (Å²) in [4.78, 5) is 4.20. The monoisotopic (exact) mass is 125 g/mol. The van der Waals surface area contributed by atoms with Gasteiger partial charge in [-0.1, -0.05) is 0 Å². The molecule has 0 unspecified atom stereocenters. The van der Waals surface area contributed by atoms with Crippen LogP contribution in [0.3, 0.4) is 0 Å². The molecule has 1 rings (SSSR count). The van der Waals surface area contributed by atoms with E-state index in [2.05, 4.69) is 26.0 Å². The van der Waals surface area contributed by atoms with Crippen LogP contribution in [0, 0.1) is 0 Å². The van der Waals surface area contributed by atoms with Crippen LogP contribution >= 0.6 is 0 Å². The molecule has 0 saturated carbocycles. The zero-order valence-corrected chi connectivity index (χ0v) is 6.47. The molecular weight excluding hydrogens is 112 g/mol. The molecule has 50 valence electrons. The number of aliphatic imine (C=N–C) groups is 1. The summed E-state index contributed by atoms with van der Waals surface area (Å²) >= 11 is 0. The minimum atomic E-state index is 0.833. The summed E-state index contributed by atoms with van der Waals surface area (Å²) in [5.74, 6) is 1.16. The summed E-state index contributed by atoms with van der Waals surface area (Å²) in [7, 11) is 4.27. The highest BCUT2D eigenvalue weighted by atomic mass is 15.4. The van der Waals surface area contributed by atoms with Crippen LogP contribution in [0.25, 0.3) is 0 Å². The molecule has 1 heterocycles. The van der Waals surface area contributed by atoms with Crippen LogP contribution < -0.4 is 0 Å². The van der Waals surface area contributed by atoms with E-state index >= 15 is 0 Å². The molecule has 2 nitrogen and oxygen atoms in total. The quantitative estimate of drug-likeness (QED) is 0.433. The van der Waals surface area contributed by atoms with Crippen molar-refractivity contribution in [3.8, 4) is 0 Å². The summed E-state index contributed by atoms with van der Waals surface area (Å²) in [6.07, 6.45) is 1.93. The Morgan fingerprint density at radius 1 is 1.33 bits per heavy atom. The normalized spacial score (nSPS) is 23.6. The fraction of sp³-hybridized carbons (Fsp3) is 0.571. The summed E-state index contributed by atoms with van der Waals surface area (Å²) < 4.78 is 0.833. The van der Waals surface area contributed by atoms with E-state index in [4.69, 9.17) is 0 Å². The van der Waals surface area contributed by atoms with Crippen LogP contribution in [0.2, 0.25) is 0 Å². The first-order valence-electron chi connectivity index (χ1n) is 3.11. The first-order valence-corrected chi connectivity index (χ1v) is 3.11. The van der Waals surface area contributed by atoms with Gasteiger partial charge in [-0.05, 0) is 0 Å². The van der Waals surface area contributed by atoms with Crippen molar-refractivity contribution in [2.45, 2.75) is 13.8 Å². The van der Waals surface area contributed by atoms with Crippen LogP contribution in [-0.4, -0.2) is 24.4 Å². The van der Waals surface area contributed by atoms with Gasteiger partial charge in [-0.2, -0.15) is 0 Å². The van der Waals surface area contributed by atoms with Gasteiger partial charge >= 0.3 is 0 Å². The van der Waals surface area contributed by atoms with E-state index in [1.165, 1.54) is 5.70 Å². The van der Waals surface area contributed by atoms with Gasteiger partial charge in [0, 0.05) is 13.8 Å². The smallest absolute Gasteiger partial charge is 0.204 e. The maximum atomic E-state index is 4.20. The molecule has 0 saturated heterocycles. The van der Waals surface area contributed by atoms with Crippen LogP contribution in [0.4, 0.5) is 0 Å². The molecule has 0 aliphatic carbocycles. The first-order chi connectivity index (χ1) is 4.05. The molecule has 2 heteroatoms. The fourth-order valence-corrected chi connectivity index (χ4v) is 0.731. The third-order valence-corrected chi connectivity index (χ3v) is 2.13. The number of amidine groups is 1. The highest BCUT2D eigenvalue weighted by Gasteiger charge is 2.26. The average Bonchev–Trinajstić information content (AvgIpc) is 1.96. The predicted molar refractivity (Wildman–Crippen MR) is 39.0 cm³/mol. The zero-order valence-electron chi connectivity index (χ0n) is 6.47. The Labute approximate surface area is 56.1 Å². The third-order valence-electron chi connectivity index (χ3n) is 2.13. The Bertz CT molecular complexity index is 167. The number of nitrogens with zero attached hydrogens (tertiary/aromatic N) is 2. The van der Waals surface area contributed by atoms with Crippen molar-refractivity contribution in [3.05, 3.63) is 11.9 Å². The Hall–Kier alpha value is -0.630. The molecule has 0 spiro atoms. The van der Waals surface area contributed by atoms with Crippen molar-refractivity contribution in [2.75, 3.05) is 14.1 Å². The van der Waals surface area contributed by atoms with E-state index in [-0.39, 0.29) is 0 Å². The third kappa shape index (κ3) is 0.793. The molecule has 0 amide bonds. The van der Waals surface area contributed by atoms with Gasteiger partial charge in [0.25, 0.3) is 0 Å². The van der Waals surface area contributed by atoms with Crippen LogP contribution in [0.15, 0.2) is 16.9 Å². The maximum Gasteiger partial charge on any atom is 0.204 e. The molecule has 0 aromatic carbocycles. The lowest BCUT2D eigenvalue weighted by Crippen LogP contribution is -2.39. The molecule has 0 N–H and O–H groups in total. The Kier molecular flexibility index (Phi) is 1.21. The molecule has 0 fully saturated rings. The van der Waals surface area contributed by atoms with Gasteiger partial charge in [0.2, 0.25) is 5.84 Å². The fourth-order valence-electron chi connectivity index (χ4n) is 0.731. The molecule has 1 aliphatic rings. The minimum absolute atomic E-state index is 0.833. The highest BCUT2D eigenvalue weighted by molar-refractivity contribution is 5.75. The minimum Gasteiger partial charge on any atom is -0.254 e. The number of quaternary nitrogens is 1. The molecule has 1 aliphatic heterocycles. The van der Waals surface area contributed by atoms with E-state index in [1.807, 2.05) is 13.1 Å². The lowest BCUT2D eigenvalue weighted by Gasteiger charge is -2.23. The summed E-state index contributed by atoms with van der Waals surface area (Å²) in [6.45, 7) is 4.15. The summed E-state index contributed by atoms with van der Waals surface area (Å²) in [6, 6.07) is 0. The number of rotatable bonds is 0. The summed E-state index contributed by atoms with van der Waals surface area (Å²) in [5, 5.41) is 0. The molecule has 0 bridgehead atoms. The van der Waals surface area contributed by atoms with Crippen molar-refractivity contribution >= 4 is 5.84 Å². The molecular formula is C7H13N2+. The number of allylic oxidation sites excluding steroid dienone is 1. The SMILES string of the molecule is CC1=CN=C(C)[N+]1(C)C. The Balaban J connectivity index is 2.96. The molecule has 0 aromatic rings. The maximum absolute atomic E-state index is 4.20. The lowest BCUT2D eigenvalue weighted by atomic mass is 10.4. The zero-order chi connectivity index (χ0) is 7.07. The predicted octanol–water partition coefficient (Wildman–Crippen LogP) is 1.36. The van der Waals surface area contributed by atoms with Crippen molar-refractivity contribution in [1.29, 1.82) is 0 Å². The number of hydrogen-bond donors (Lipinski definition) is 0. The standard InChI is InChI=1S/C7H13N2/c1-6-5-8-7(2)9(6,3)4/h5H,1-4H3/q+1. The van der Waals surface area contributed by atoms with Crippen molar-refractivity contribution in [3.63, 3.8) is 0 Å². The van der Waals surface area contributed by atoms with Gasteiger partial charge in [-0.15, -0.1) is 0 Å². The second-order valence-corrected chi connectivity index (χ2v) is 2.90. The van der Waals surface area contributed by atoms with Crippen molar-refractivity contribution in [2.24, 2.45) is 4.99 Å². The molecule has 0 atom stereocenters.